The monoisotopic (exact) mass is 180 g/mol. The summed E-state index contributed by atoms with van der Waals surface area (Å²) in [5, 5.41) is 0. The number of rotatable bonds is 0. The molecule has 0 aliphatic carbocycles. The summed E-state index contributed by atoms with van der Waals surface area (Å²) in [6.07, 6.45) is 0. The van der Waals surface area contributed by atoms with Crippen LogP contribution in [-0.4, -0.2) is 6.92 Å². The zero-order chi connectivity index (χ0) is 9.59. The molecule has 0 spiro atoms. The molecule has 0 N–H and O–H groups in total. The van der Waals surface area contributed by atoms with Crippen molar-refractivity contribution in [2.75, 3.05) is 0 Å². The second kappa shape index (κ2) is 2.55. The van der Waals surface area contributed by atoms with Crippen molar-refractivity contribution in [3.63, 3.8) is 0 Å². The van der Waals surface area contributed by atoms with Gasteiger partial charge in [0.15, 0.2) is 11.4 Å². The summed E-state index contributed by atoms with van der Waals surface area (Å²) in [5.41, 5.74) is 1.30. The van der Waals surface area contributed by atoms with Crippen LogP contribution in [-0.2, 0) is 4.65 Å². The Morgan fingerprint density at radius 2 is 1.92 bits per heavy atom. The number of hydrogen-bond donors (Lipinski definition) is 0. The van der Waals surface area contributed by atoms with Gasteiger partial charge in [0.1, 0.15) is 0 Å². The van der Waals surface area contributed by atoms with Crippen LogP contribution in [0.25, 0.3) is 5.57 Å². The molecule has 0 atom stereocenters. The molecule has 1 aromatic heterocycles. The van der Waals surface area contributed by atoms with Gasteiger partial charge in [0.2, 0.25) is 0 Å². The Hall–Kier alpha value is -1.39. The summed E-state index contributed by atoms with van der Waals surface area (Å²) in [6, 6.07) is 0. The molecule has 0 fully saturated rings. The van der Waals surface area contributed by atoms with E-state index < -0.39 is 5.82 Å². The molecule has 13 heavy (non-hydrogen) atoms. The summed E-state index contributed by atoms with van der Waals surface area (Å²) in [5.74, 6) is 0.611. The highest BCUT2D eigenvalue weighted by Gasteiger charge is 2.32. The summed E-state index contributed by atoms with van der Waals surface area (Å²) < 4.78 is 15.2. The first-order valence-corrected chi connectivity index (χ1v) is 4.08. The minimum atomic E-state index is -0.672. The smallest absolute Gasteiger partial charge is 0.518 e. The Kier molecular flexibility index (Phi) is 1.61. The van der Waals surface area contributed by atoms with Crippen molar-refractivity contribution in [2.24, 2.45) is 0 Å². The van der Waals surface area contributed by atoms with Crippen molar-refractivity contribution < 1.29 is 13.5 Å². The Morgan fingerprint density at radius 1 is 1.23 bits per heavy atom. The SMILES string of the molecule is CB1OC(C)=C(C)c2oc(=O)oc21. The van der Waals surface area contributed by atoms with E-state index in [2.05, 4.69) is 0 Å². The van der Waals surface area contributed by atoms with Crippen molar-refractivity contribution in [2.45, 2.75) is 20.7 Å². The van der Waals surface area contributed by atoms with Crippen LogP contribution in [0.5, 0.6) is 0 Å². The van der Waals surface area contributed by atoms with Crippen LogP contribution in [0.15, 0.2) is 19.4 Å². The third kappa shape index (κ3) is 1.11. The maximum absolute atomic E-state index is 10.8. The number of allylic oxidation sites excluding steroid dienone is 2. The van der Waals surface area contributed by atoms with Crippen LogP contribution in [0.3, 0.4) is 0 Å². The number of hydrogen-bond acceptors (Lipinski definition) is 4. The predicted octanol–water partition coefficient (Wildman–Crippen LogP) is 0.842. The van der Waals surface area contributed by atoms with E-state index in [0.717, 1.165) is 11.3 Å². The van der Waals surface area contributed by atoms with Gasteiger partial charge in [-0.05, 0) is 20.7 Å². The third-order valence-corrected chi connectivity index (χ3v) is 2.19. The van der Waals surface area contributed by atoms with Crippen molar-refractivity contribution in [1.29, 1.82) is 0 Å². The average molecular weight is 180 g/mol. The maximum atomic E-state index is 10.8. The molecule has 5 heteroatoms. The Labute approximate surface area is 75.3 Å². The lowest BCUT2D eigenvalue weighted by atomic mass is 9.65. The summed E-state index contributed by atoms with van der Waals surface area (Å²) in [7, 11) is 0. The largest absolute Gasteiger partial charge is 0.556 e. The van der Waals surface area contributed by atoms with Crippen LogP contribution < -0.4 is 11.5 Å². The molecule has 4 nitrogen and oxygen atoms in total. The Balaban J connectivity index is 2.68. The summed E-state index contributed by atoms with van der Waals surface area (Å²) >= 11 is 0. The number of fused-ring (bicyclic) bond motifs is 1. The molecule has 0 bridgehead atoms. The summed E-state index contributed by atoms with van der Waals surface area (Å²) in [6.45, 7) is 5.23. The highest BCUT2D eigenvalue weighted by atomic mass is 16.6. The van der Waals surface area contributed by atoms with Gasteiger partial charge in [-0.1, -0.05) is 0 Å². The third-order valence-electron chi connectivity index (χ3n) is 2.19. The summed E-state index contributed by atoms with van der Waals surface area (Å²) in [4.78, 5) is 10.8. The Bertz CT molecular complexity index is 426. The van der Waals surface area contributed by atoms with Crippen molar-refractivity contribution in [1.82, 2.24) is 0 Å². The molecule has 0 amide bonds. The van der Waals surface area contributed by atoms with E-state index in [1.54, 1.807) is 0 Å². The van der Waals surface area contributed by atoms with Gasteiger partial charge in [-0.25, -0.2) is 4.79 Å². The molecule has 0 aromatic carbocycles. The van der Waals surface area contributed by atoms with Crippen molar-refractivity contribution in [3.05, 3.63) is 22.1 Å². The van der Waals surface area contributed by atoms with Crippen molar-refractivity contribution >= 4 is 18.1 Å². The van der Waals surface area contributed by atoms with E-state index >= 15 is 0 Å². The zero-order valence-electron chi connectivity index (χ0n) is 7.71. The van der Waals surface area contributed by atoms with Gasteiger partial charge in [0.25, 0.3) is 0 Å². The highest BCUT2D eigenvalue weighted by molar-refractivity contribution is 6.66. The first kappa shape index (κ1) is 8.22. The van der Waals surface area contributed by atoms with Gasteiger partial charge in [-0.3, -0.25) is 0 Å². The quantitative estimate of drug-likeness (QED) is 0.555. The fraction of sp³-hybridized carbons (Fsp3) is 0.375. The van der Waals surface area contributed by atoms with E-state index in [-0.39, 0.29) is 6.92 Å². The van der Waals surface area contributed by atoms with Crippen LogP contribution in [0.1, 0.15) is 19.6 Å². The molecule has 1 aliphatic heterocycles. The van der Waals surface area contributed by atoms with Crippen LogP contribution in [0.4, 0.5) is 0 Å². The van der Waals surface area contributed by atoms with E-state index in [1.807, 2.05) is 20.7 Å². The molecule has 0 saturated carbocycles. The molecular weight excluding hydrogens is 171 g/mol. The standard InChI is InChI=1S/C8H9BO4/c1-4-5(2)13-9(3)7-6(4)11-8(10)12-7/h1-3H3. The van der Waals surface area contributed by atoms with Gasteiger partial charge < -0.3 is 13.5 Å². The lowest BCUT2D eigenvalue weighted by molar-refractivity contribution is 0.388. The second-order valence-corrected chi connectivity index (χ2v) is 3.09. The van der Waals surface area contributed by atoms with E-state index in [1.165, 1.54) is 0 Å². The molecule has 68 valence electrons. The van der Waals surface area contributed by atoms with Crippen molar-refractivity contribution in [3.8, 4) is 0 Å². The second-order valence-electron chi connectivity index (χ2n) is 3.09. The normalized spacial score (nSPS) is 15.8. The first-order chi connectivity index (χ1) is 6.09. The predicted molar refractivity (Wildman–Crippen MR) is 47.8 cm³/mol. The highest BCUT2D eigenvalue weighted by Crippen LogP contribution is 2.22. The van der Waals surface area contributed by atoms with Gasteiger partial charge >= 0.3 is 12.7 Å². The topological polar surface area (TPSA) is 52.6 Å². The van der Waals surface area contributed by atoms with Crippen LogP contribution >= 0.6 is 0 Å². The molecule has 0 radical (unpaired) electrons. The molecule has 1 aliphatic rings. The average Bonchev–Trinajstić information content (AvgIpc) is 2.44. The fourth-order valence-electron chi connectivity index (χ4n) is 1.39. The van der Waals surface area contributed by atoms with E-state index in [9.17, 15) is 4.79 Å². The minimum Gasteiger partial charge on any atom is -0.556 e. The fourth-order valence-corrected chi connectivity index (χ4v) is 1.39. The van der Waals surface area contributed by atoms with Gasteiger partial charge in [0, 0.05) is 5.57 Å². The first-order valence-electron chi connectivity index (χ1n) is 4.08. The molecule has 0 unspecified atom stereocenters. The molecule has 2 heterocycles. The van der Waals surface area contributed by atoms with Crippen LogP contribution in [0, 0.1) is 0 Å². The molecule has 2 rings (SSSR count). The van der Waals surface area contributed by atoms with Gasteiger partial charge in [-0.2, -0.15) is 0 Å². The zero-order valence-corrected chi connectivity index (χ0v) is 7.71. The van der Waals surface area contributed by atoms with Gasteiger partial charge in [-0.15, -0.1) is 0 Å². The van der Waals surface area contributed by atoms with Gasteiger partial charge in [0.05, 0.1) is 5.76 Å². The minimum absolute atomic E-state index is 0.245. The lowest BCUT2D eigenvalue weighted by Gasteiger charge is -2.17. The van der Waals surface area contributed by atoms with Crippen LogP contribution in [0.2, 0.25) is 6.82 Å². The molecule has 0 saturated heterocycles. The molecular formula is C8H9BO4. The van der Waals surface area contributed by atoms with E-state index in [0.29, 0.717) is 11.4 Å². The van der Waals surface area contributed by atoms with E-state index in [4.69, 9.17) is 13.5 Å². The molecule has 1 aromatic rings. The maximum Gasteiger partial charge on any atom is 0.518 e. The lowest BCUT2D eigenvalue weighted by Crippen LogP contribution is -2.34. The Morgan fingerprint density at radius 3 is 2.62 bits per heavy atom.